The van der Waals surface area contributed by atoms with Crippen LogP contribution in [0.3, 0.4) is 0 Å². The summed E-state index contributed by atoms with van der Waals surface area (Å²) >= 11 is 0. The van der Waals surface area contributed by atoms with Crippen molar-refractivity contribution in [3.8, 4) is 34.5 Å². The Hall–Kier alpha value is -11.4. The third kappa shape index (κ3) is 30.1. The fraction of sp³-hybridized carbons (Fsp3) is 0.412. The highest BCUT2D eigenvalue weighted by molar-refractivity contribution is 6.27. The van der Waals surface area contributed by atoms with Crippen molar-refractivity contribution in [3.05, 3.63) is 252 Å². The Morgan fingerprint density at radius 1 is 0.200 bits per heavy atom. The Balaban J connectivity index is 0.966. The standard InChI is InChI=1S/C102H126N6O12/c1-73(79-43-19-7-20-44-79)103-97(109)55-31-13-37-61-115-91-67-85-86(68-92(91)116-62-38-14-32-56-98(110)104-74(2)80-45-21-8-22-46-80)88-70-94(118-64-40-16-34-58-100(112)106-76(4)82-49-25-10-26-50-82)96(120-66-42-18-36-60-102(114)108-78(6)84-53-29-12-30-54-84)72-90(88)89-71-95(119-65-41-17-35-59-101(113)107-77(5)83-51-27-11-28-52-83)93(69-87(85)89)117-63-39-15-33-57-99(111)105-75(3)81-47-23-9-24-48-81/h7-12,19-30,43-54,67-78H,13-18,31-42,55-66H2,1-6H3,(H,103,109)(H,104,110)(H,105,111)(H,106,112)(H,107,113)(H,108,114)/t73-,74-,75-,76-,77-,78-/m0/s1. The van der Waals surface area contributed by atoms with Gasteiger partial charge in [-0.2, -0.15) is 0 Å². The zero-order valence-electron chi connectivity index (χ0n) is 71.4. The van der Waals surface area contributed by atoms with Gasteiger partial charge in [0.25, 0.3) is 0 Å². The molecule has 10 rings (SSSR count). The molecule has 0 radical (unpaired) electrons. The van der Waals surface area contributed by atoms with Crippen molar-refractivity contribution in [1.82, 2.24) is 31.9 Å². The lowest BCUT2D eigenvalue weighted by atomic mass is 9.93. The quantitative estimate of drug-likeness (QED) is 0.0154. The minimum atomic E-state index is -0.116. The highest BCUT2D eigenvalue weighted by Crippen LogP contribution is 2.48. The summed E-state index contributed by atoms with van der Waals surface area (Å²) < 4.78 is 41.4. The molecule has 6 N–H and O–H groups in total. The zero-order valence-corrected chi connectivity index (χ0v) is 71.4. The number of hydrogen-bond donors (Lipinski definition) is 6. The summed E-state index contributed by atoms with van der Waals surface area (Å²) in [5.74, 6) is 3.25. The van der Waals surface area contributed by atoms with Crippen LogP contribution in [0.5, 0.6) is 34.5 Å². The van der Waals surface area contributed by atoms with Gasteiger partial charge in [-0.05, 0) is 259 Å². The molecule has 0 saturated carbocycles. The van der Waals surface area contributed by atoms with Gasteiger partial charge < -0.3 is 60.3 Å². The van der Waals surface area contributed by atoms with Gasteiger partial charge in [-0.25, -0.2) is 0 Å². The summed E-state index contributed by atoms with van der Waals surface area (Å²) in [5.41, 5.74) is 6.29. The van der Waals surface area contributed by atoms with Gasteiger partial charge in [-0.15, -0.1) is 0 Å². The number of nitrogens with one attached hydrogen (secondary N) is 6. The summed E-state index contributed by atoms with van der Waals surface area (Å²) in [6.45, 7) is 14.1. The number of carbonyl (C=O) groups excluding carboxylic acids is 6. The monoisotopic (exact) mass is 1630 g/mol. The molecule has 18 nitrogen and oxygen atoms in total. The third-order valence-electron chi connectivity index (χ3n) is 22.0. The van der Waals surface area contributed by atoms with E-state index < -0.39 is 0 Å². The summed E-state index contributed by atoms with van der Waals surface area (Å²) in [7, 11) is 0. The maximum Gasteiger partial charge on any atom is 0.220 e. The minimum absolute atomic E-state index is 0.00329. The lowest BCUT2D eigenvalue weighted by molar-refractivity contribution is -0.122. The van der Waals surface area contributed by atoms with E-state index in [0.717, 1.165) is 104 Å². The number of ether oxygens (including phenoxy) is 6. The van der Waals surface area contributed by atoms with E-state index in [1.807, 2.05) is 224 Å². The summed E-state index contributed by atoms with van der Waals surface area (Å²) in [5, 5.41) is 24.1. The SMILES string of the molecule is C[C@H](NC(=O)CCCCCOc1cc2c3cc(OCCCCCC(=O)N[C@@H](C)c4ccccc4)c(OCCCCCC(=O)N[C@@H](C)c4ccccc4)cc3c3cc(OCCCCCC(=O)N[C@@H](C)c4ccccc4)c(OCCCCCC(=O)N[C@@H](C)c4ccccc4)cc3c2cc1OCCCCCC(=O)N[C@@H](C)c1ccccc1)c1ccccc1. The number of amides is 6. The molecule has 0 fully saturated rings. The second-order valence-corrected chi connectivity index (χ2v) is 31.7. The fourth-order valence-electron chi connectivity index (χ4n) is 15.0. The van der Waals surface area contributed by atoms with Crippen LogP contribution in [0.15, 0.2) is 218 Å². The largest absolute Gasteiger partial charge is 0.490 e. The van der Waals surface area contributed by atoms with Crippen LogP contribution in [-0.4, -0.2) is 75.1 Å². The first kappa shape index (κ1) is 90.9. The van der Waals surface area contributed by atoms with Gasteiger partial charge in [0.15, 0.2) is 34.5 Å². The number of benzene rings is 10. The number of unbranched alkanes of at least 4 members (excludes halogenated alkanes) is 12. The predicted molar refractivity (Wildman–Crippen MR) is 481 cm³/mol. The minimum Gasteiger partial charge on any atom is -0.490 e. The molecular formula is C102H126N6O12. The van der Waals surface area contributed by atoms with Gasteiger partial charge in [0, 0.05) is 38.5 Å². The predicted octanol–water partition coefficient (Wildman–Crippen LogP) is 22.0. The molecular weight excluding hydrogens is 1500 g/mol. The second kappa shape index (κ2) is 49.9. The van der Waals surface area contributed by atoms with Crippen molar-refractivity contribution in [3.63, 3.8) is 0 Å². The van der Waals surface area contributed by atoms with Gasteiger partial charge >= 0.3 is 0 Å². The van der Waals surface area contributed by atoms with Crippen molar-refractivity contribution in [2.45, 2.75) is 232 Å². The van der Waals surface area contributed by atoms with E-state index in [0.29, 0.717) is 190 Å². The first-order chi connectivity index (χ1) is 58.5. The van der Waals surface area contributed by atoms with E-state index >= 15 is 0 Å². The van der Waals surface area contributed by atoms with E-state index in [4.69, 9.17) is 28.4 Å². The molecule has 10 aromatic rings. The highest BCUT2D eigenvalue weighted by atomic mass is 16.5. The Labute approximate surface area is 710 Å². The van der Waals surface area contributed by atoms with Crippen molar-refractivity contribution in [1.29, 1.82) is 0 Å². The van der Waals surface area contributed by atoms with E-state index in [1.165, 1.54) is 0 Å². The van der Waals surface area contributed by atoms with Crippen LogP contribution in [-0.2, 0) is 28.8 Å². The second-order valence-electron chi connectivity index (χ2n) is 31.7. The molecule has 0 aliphatic rings. The lowest BCUT2D eigenvalue weighted by Crippen LogP contribution is -2.26. The number of rotatable bonds is 54. The van der Waals surface area contributed by atoms with E-state index in [9.17, 15) is 28.8 Å². The lowest BCUT2D eigenvalue weighted by Gasteiger charge is -2.21. The highest BCUT2D eigenvalue weighted by Gasteiger charge is 2.23. The Kier molecular flexibility index (Phi) is 37.8. The molecule has 0 unspecified atom stereocenters. The number of hydrogen-bond acceptors (Lipinski definition) is 12. The maximum absolute atomic E-state index is 13.3. The van der Waals surface area contributed by atoms with Gasteiger partial charge in [0.2, 0.25) is 35.4 Å². The third-order valence-corrected chi connectivity index (χ3v) is 22.0. The molecule has 0 spiro atoms. The zero-order chi connectivity index (χ0) is 84.5. The van der Waals surface area contributed by atoms with Crippen molar-refractivity contribution in [2.24, 2.45) is 0 Å². The van der Waals surface area contributed by atoms with E-state index in [1.54, 1.807) is 0 Å². The summed E-state index contributed by atoms with van der Waals surface area (Å²) in [6, 6.07) is 71.5. The molecule has 6 atom stereocenters. The molecule has 0 saturated heterocycles. The van der Waals surface area contributed by atoms with E-state index in [2.05, 4.69) is 68.3 Å². The van der Waals surface area contributed by atoms with Gasteiger partial charge in [-0.1, -0.05) is 182 Å². The Bertz CT molecular complexity index is 3980. The van der Waals surface area contributed by atoms with Crippen molar-refractivity contribution < 1.29 is 57.2 Å². The molecule has 636 valence electrons. The summed E-state index contributed by atoms with van der Waals surface area (Å²) in [6.07, 6.45) is 14.9. The Morgan fingerprint density at radius 3 is 0.467 bits per heavy atom. The van der Waals surface area contributed by atoms with Crippen LogP contribution in [0.4, 0.5) is 0 Å². The topological polar surface area (TPSA) is 230 Å². The first-order valence-corrected chi connectivity index (χ1v) is 43.9. The van der Waals surface area contributed by atoms with Gasteiger partial charge in [0.05, 0.1) is 75.9 Å². The van der Waals surface area contributed by atoms with Crippen LogP contribution in [0.25, 0.3) is 32.3 Å². The average molecular weight is 1630 g/mol. The molecule has 0 aliphatic carbocycles. The van der Waals surface area contributed by atoms with Crippen molar-refractivity contribution >= 4 is 67.8 Å². The molecule has 10 aromatic carbocycles. The molecule has 0 bridgehead atoms. The first-order valence-electron chi connectivity index (χ1n) is 43.9. The smallest absolute Gasteiger partial charge is 0.220 e. The van der Waals surface area contributed by atoms with E-state index in [-0.39, 0.29) is 71.7 Å². The molecule has 120 heavy (non-hydrogen) atoms. The van der Waals surface area contributed by atoms with Crippen LogP contribution < -0.4 is 60.3 Å². The number of fused-ring (bicyclic) bond motifs is 6. The van der Waals surface area contributed by atoms with Crippen LogP contribution in [0.2, 0.25) is 0 Å². The molecule has 18 heteroatoms. The normalized spacial score (nSPS) is 12.8. The van der Waals surface area contributed by atoms with Crippen LogP contribution in [0, 0.1) is 0 Å². The number of carbonyl (C=O) groups is 6. The summed E-state index contributed by atoms with van der Waals surface area (Å²) in [4.78, 5) is 79.6. The molecule has 0 aliphatic heterocycles. The average Bonchev–Trinajstić information content (AvgIpc) is 0.724. The molecule has 0 heterocycles. The molecule has 0 aromatic heterocycles. The van der Waals surface area contributed by atoms with Gasteiger partial charge in [0.1, 0.15) is 0 Å². The Morgan fingerprint density at radius 2 is 0.333 bits per heavy atom. The maximum atomic E-state index is 13.3. The van der Waals surface area contributed by atoms with Crippen LogP contribution >= 0.6 is 0 Å². The van der Waals surface area contributed by atoms with Crippen LogP contribution in [0.1, 0.15) is 265 Å². The molecule has 6 amide bonds. The van der Waals surface area contributed by atoms with Crippen molar-refractivity contribution in [2.75, 3.05) is 39.6 Å². The van der Waals surface area contributed by atoms with Gasteiger partial charge in [-0.3, -0.25) is 28.8 Å². The fourth-order valence-corrected chi connectivity index (χ4v) is 15.0.